The molecule has 0 radical (unpaired) electrons. The van der Waals surface area contributed by atoms with Crippen LogP contribution in [0.3, 0.4) is 0 Å². The van der Waals surface area contributed by atoms with Gasteiger partial charge in [0.1, 0.15) is 0 Å². The van der Waals surface area contributed by atoms with Gasteiger partial charge in [0.25, 0.3) is 0 Å². The van der Waals surface area contributed by atoms with E-state index in [9.17, 15) is 0 Å². The summed E-state index contributed by atoms with van der Waals surface area (Å²) < 4.78 is 0. The number of hydrogen-bond acceptors (Lipinski definition) is 1. The minimum absolute atomic E-state index is 0.520. The molecular formula is C23H27NSi. The van der Waals surface area contributed by atoms with Crippen LogP contribution >= 0.6 is 0 Å². The van der Waals surface area contributed by atoms with E-state index in [1.807, 2.05) is 0 Å². The number of aromatic nitrogens is 1. The van der Waals surface area contributed by atoms with Gasteiger partial charge in [0.2, 0.25) is 0 Å². The van der Waals surface area contributed by atoms with Crippen LogP contribution < -0.4 is 5.19 Å². The van der Waals surface area contributed by atoms with Crippen molar-refractivity contribution in [3.8, 4) is 22.4 Å². The van der Waals surface area contributed by atoms with E-state index in [0.29, 0.717) is 5.92 Å². The summed E-state index contributed by atoms with van der Waals surface area (Å²) in [6.07, 6.45) is 2.13. The van der Waals surface area contributed by atoms with Gasteiger partial charge in [-0.25, -0.2) is 0 Å². The fourth-order valence-electron chi connectivity index (χ4n) is 3.20. The quantitative estimate of drug-likeness (QED) is 0.522. The number of nitrogens with zero attached hydrogens (tertiary/aromatic N) is 1. The standard InChI is InChI=1S/C23H27NSi/c1-17(2)21-15-22(24-16-23(21)25(3,4)5)20-13-11-19(12-14-20)18-9-7-6-8-10-18/h6-17H,1-5H3. The molecule has 0 atom stereocenters. The van der Waals surface area contributed by atoms with Gasteiger partial charge in [0.15, 0.2) is 0 Å². The van der Waals surface area contributed by atoms with Crippen molar-refractivity contribution in [2.75, 3.05) is 0 Å². The molecule has 3 aromatic rings. The second kappa shape index (κ2) is 6.97. The van der Waals surface area contributed by atoms with Crippen LogP contribution in [-0.2, 0) is 0 Å². The third-order valence-corrected chi connectivity index (χ3v) is 6.69. The molecule has 0 N–H and O–H groups in total. The van der Waals surface area contributed by atoms with Crippen LogP contribution in [0.4, 0.5) is 0 Å². The van der Waals surface area contributed by atoms with Crippen molar-refractivity contribution in [2.45, 2.75) is 39.4 Å². The molecule has 0 saturated carbocycles. The van der Waals surface area contributed by atoms with Crippen LogP contribution in [0.15, 0.2) is 66.9 Å². The Morgan fingerprint density at radius 3 is 1.88 bits per heavy atom. The Kier molecular flexibility index (Phi) is 4.91. The predicted molar refractivity (Wildman–Crippen MR) is 112 cm³/mol. The highest BCUT2D eigenvalue weighted by Gasteiger charge is 2.22. The second-order valence-corrected chi connectivity index (χ2v) is 13.0. The van der Waals surface area contributed by atoms with Crippen LogP contribution in [0, 0.1) is 0 Å². The number of hydrogen-bond donors (Lipinski definition) is 0. The lowest BCUT2D eigenvalue weighted by atomic mass is 9.99. The average Bonchev–Trinajstić information content (AvgIpc) is 2.61. The lowest BCUT2D eigenvalue weighted by molar-refractivity contribution is 0.870. The molecule has 0 spiro atoms. The van der Waals surface area contributed by atoms with Crippen LogP contribution in [0.2, 0.25) is 19.6 Å². The largest absolute Gasteiger partial charge is 0.256 e. The van der Waals surface area contributed by atoms with Crippen LogP contribution in [0.25, 0.3) is 22.4 Å². The Labute approximate surface area is 152 Å². The number of benzene rings is 2. The van der Waals surface area contributed by atoms with Crippen molar-refractivity contribution in [1.29, 1.82) is 0 Å². The third-order valence-electron chi connectivity index (χ3n) is 4.65. The van der Waals surface area contributed by atoms with Gasteiger partial charge in [-0.15, -0.1) is 0 Å². The van der Waals surface area contributed by atoms with E-state index < -0.39 is 8.07 Å². The monoisotopic (exact) mass is 345 g/mol. The molecule has 0 aliphatic carbocycles. The van der Waals surface area contributed by atoms with Crippen LogP contribution in [0.5, 0.6) is 0 Å². The number of rotatable bonds is 4. The van der Waals surface area contributed by atoms with E-state index in [0.717, 1.165) is 5.69 Å². The average molecular weight is 346 g/mol. The van der Waals surface area contributed by atoms with Gasteiger partial charge in [0, 0.05) is 11.8 Å². The Morgan fingerprint density at radius 2 is 1.32 bits per heavy atom. The van der Waals surface area contributed by atoms with Crippen molar-refractivity contribution < 1.29 is 0 Å². The van der Waals surface area contributed by atoms with Crippen molar-refractivity contribution in [2.24, 2.45) is 0 Å². The summed E-state index contributed by atoms with van der Waals surface area (Å²) in [4.78, 5) is 4.80. The maximum absolute atomic E-state index is 4.80. The van der Waals surface area contributed by atoms with E-state index >= 15 is 0 Å². The molecule has 1 heterocycles. The molecule has 0 aliphatic heterocycles. The molecule has 0 fully saturated rings. The molecule has 128 valence electrons. The van der Waals surface area contributed by atoms with Gasteiger partial charge < -0.3 is 0 Å². The zero-order valence-corrected chi connectivity index (χ0v) is 16.9. The van der Waals surface area contributed by atoms with E-state index in [4.69, 9.17) is 4.98 Å². The predicted octanol–water partition coefficient (Wildman–Crippen LogP) is 6.08. The molecule has 2 heteroatoms. The molecular weight excluding hydrogens is 318 g/mol. The molecule has 0 amide bonds. The first-order valence-electron chi connectivity index (χ1n) is 9.02. The van der Waals surface area contributed by atoms with Gasteiger partial charge in [-0.1, -0.05) is 88.1 Å². The minimum Gasteiger partial charge on any atom is -0.256 e. The highest BCUT2D eigenvalue weighted by molar-refractivity contribution is 6.89. The van der Waals surface area contributed by atoms with Crippen LogP contribution in [-0.4, -0.2) is 13.1 Å². The molecule has 0 bridgehead atoms. The molecule has 1 aromatic heterocycles. The van der Waals surface area contributed by atoms with Crippen molar-refractivity contribution in [3.63, 3.8) is 0 Å². The molecule has 0 saturated heterocycles. The second-order valence-electron chi connectivity index (χ2n) is 8.00. The summed E-state index contributed by atoms with van der Waals surface area (Å²) >= 11 is 0. The van der Waals surface area contributed by atoms with Gasteiger partial charge in [-0.05, 0) is 33.9 Å². The maximum Gasteiger partial charge on any atom is 0.0799 e. The van der Waals surface area contributed by atoms with Gasteiger partial charge in [0.05, 0.1) is 13.8 Å². The Morgan fingerprint density at radius 1 is 0.760 bits per heavy atom. The summed E-state index contributed by atoms with van der Waals surface area (Å²) in [5, 5.41) is 1.48. The van der Waals surface area contributed by atoms with Crippen molar-refractivity contribution >= 4 is 13.3 Å². The maximum atomic E-state index is 4.80. The SMILES string of the molecule is CC(C)c1cc(-c2ccc(-c3ccccc3)cc2)ncc1[Si](C)(C)C. The zero-order valence-electron chi connectivity index (χ0n) is 15.9. The minimum atomic E-state index is -1.38. The van der Waals surface area contributed by atoms with E-state index in [1.54, 1.807) is 0 Å². The Bertz CT molecular complexity index is 844. The van der Waals surface area contributed by atoms with Crippen molar-refractivity contribution in [3.05, 3.63) is 72.4 Å². The summed E-state index contributed by atoms with van der Waals surface area (Å²) in [7, 11) is -1.38. The molecule has 3 rings (SSSR count). The molecule has 2 aromatic carbocycles. The topological polar surface area (TPSA) is 12.9 Å². The van der Waals surface area contributed by atoms with Gasteiger partial charge in [-0.3, -0.25) is 4.98 Å². The van der Waals surface area contributed by atoms with Gasteiger partial charge in [-0.2, -0.15) is 0 Å². The number of pyridine rings is 1. The highest BCUT2D eigenvalue weighted by Crippen LogP contribution is 2.26. The Hall–Kier alpha value is -2.19. The lowest BCUT2D eigenvalue weighted by Crippen LogP contribution is -2.40. The third kappa shape index (κ3) is 3.90. The van der Waals surface area contributed by atoms with Crippen LogP contribution in [0.1, 0.15) is 25.3 Å². The van der Waals surface area contributed by atoms with E-state index in [-0.39, 0.29) is 0 Å². The normalized spacial score (nSPS) is 11.8. The van der Waals surface area contributed by atoms with Gasteiger partial charge >= 0.3 is 0 Å². The summed E-state index contributed by atoms with van der Waals surface area (Å²) in [6.45, 7) is 11.7. The lowest BCUT2D eigenvalue weighted by Gasteiger charge is -2.23. The first kappa shape index (κ1) is 17.6. The fraction of sp³-hybridized carbons (Fsp3) is 0.261. The summed E-state index contributed by atoms with van der Waals surface area (Å²) in [5.41, 5.74) is 6.21. The fourth-order valence-corrected chi connectivity index (χ4v) is 4.88. The van der Waals surface area contributed by atoms with Crippen molar-refractivity contribution in [1.82, 2.24) is 4.98 Å². The molecule has 1 nitrogen and oxygen atoms in total. The first-order valence-corrected chi connectivity index (χ1v) is 12.5. The Balaban J connectivity index is 1.98. The van der Waals surface area contributed by atoms with E-state index in [1.165, 1.54) is 27.4 Å². The molecule has 0 aliphatic rings. The highest BCUT2D eigenvalue weighted by atomic mass is 28.3. The molecule has 0 unspecified atom stereocenters. The summed E-state index contributed by atoms with van der Waals surface area (Å²) in [6, 6.07) is 21.5. The van der Waals surface area contributed by atoms with E-state index in [2.05, 4.69) is 100 Å². The smallest absolute Gasteiger partial charge is 0.0799 e. The zero-order chi connectivity index (χ0) is 18.0. The summed E-state index contributed by atoms with van der Waals surface area (Å²) in [5.74, 6) is 0.520. The molecule has 25 heavy (non-hydrogen) atoms. The first-order chi connectivity index (χ1) is 11.9.